The summed E-state index contributed by atoms with van der Waals surface area (Å²) in [5, 5.41) is 6.45. The van der Waals surface area contributed by atoms with Gasteiger partial charge in [0.05, 0.1) is 6.54 Å². The molecule has 1 amide bonds. The summed E-state index contributed by atoms with van der Waals surface area (Å²) in [5.74, 6) is 1.81. The van der Waals surface area contributed by atoms with E-state index in [-0.39, 0.29) is 36.0 Å². The fourth-order valence-electron chi connectivity index (χ4n) is 2.93. The molecule has 0 radical (unpaired) electrons. The van der Waals surface area contributed by atoms with Crippen molar-refractivity contribution in [2.24, 2.45) is 4.99 Å². The average Bonchev–Trinajstić information content (AvgIpc) is 3.14. The molecule has 1 aliphatic heterocycles. The van der Waals surface area contributed by atoms with E-state index in [0.717, 1.165) is 44.2 Å². The molecule has 0 saturated carbocycles. The zero-order chi connectivity index (χ0) is 18.8. The number of likely N-dealkylation sites (tertiary alicyclic amines) is 1. The van der Waals surface area contributed by atoms with Crippen LogP contribution in [0.15, 0.2) is 29.3 Å². The van der Waals surface area contributed by atoms with Crippen molar-refractivity contribution in [3.8, 4) is 5.75 Å². The molecule has 1 aromatic rings. The molecule has 0 spiro atoms. The van der Waals surface area contributed by atoms with Gasteiger partial charge < -0.3 is 20.3 Å². The Labute approximate surface area is 180 Å². The van der Waals surface area contributed by atoms with Gasteiger partial charge in [0.1, 0.15) is 11.9 Å². The molecule has 152 valence electrons. The number of aryl methyl sites for hydroxylation is 1. The lowest BCUT2D eigenvalue weighted by Crippen LogP contribution is -2.40. The lowest BCUT2D eigenvalue weighted by Gasteiger charge is -2.17. The maximum Gasteiger partial charge on any atom is 0.224 e. The molecule has 0 aromatic heterocycles. The van der Waals surface area contributed by atoms with Gasteiger partial charge in [0.2, 0.25) is 5.91 Å². The molecule has 1 unspecified atom stereocenters. The molecule has 0 bridgehead atoms. The maximum atomic E-state index is 12.1. The topological polar surface area (TPSA) is 66.0 Å². The highest BCUT2D eigenvalue weighted by molar-refractivity contribution is 14.0. The van der Waals surface area contributed by atoms with Gasteiger partial charge in [0.25, 0.3) is 0 Å². The lowest BCUT2D eigenvalue weighted by molar-refractivity contribution is -0.129. The Kier molecular flexibility index (Phi) is 11.2. The van der Waals surface area contributed by atoms with Crippen molar-refractivity contribution < 1.29 is 9.53 Å². The Hall–Kier alpha value is -1.51. The zero-order valence-electron chi connectivity index (χ0n) is 16.7. The summed E-state index contributed by atoms with van der Waals surface area (Å²) in [5.41, 5.74) is 1.18. The summed E-state index contributed by atoms with van der Waals surface area (Å²) in [6.45, 7) is 9.80. The van der Waals surface area contributed by atoms with E-state index in [1.54, 1.807) is 0 Å². The number of ether oxygens (including phenoxy) is 1. The number of aliphatic imine (C=N–C) groups is 1. The van der Waals surface area contributed by atoms with E-state index in [1.807, 2.05) is 49.9 Å². The van der Waals surface area contributed by atoms with Gasteiger partial charge in [-0.25, -0.2) is 4.99 Å². The molecule has 1 atom stereocenters. The van der Waals surface area contributed by atoms with Crippen LogP contribution in [0.1, 0.15) is 38.7 Å². The van der Waals surface area contributed by atoms with Crippen LogP contribution in [-0.2, 0) is 4.79 Å². The number of hydrogen-bond acceptors (Lipinski definition) is 3. The van der Waals surface area contributed by atoms with E-state index >= 15 is 0 Å². The summed E-state index contributed by atoms with van der Waals surface area (Å²) in [4.78, 5) is 18.6. The number of carbonyl (C=O) groups excluding carboxylic acids is 1. The highest BCUT2D eigenvalue weighted by atomic mass is 127. The second-order valence-electron chi connectivity index (χ2n) is 6.73. The average molecular weight is 488 g/mol. The molecule has 1 heterocycles. The second kappa shape index (κ2) is 12.8. The highest BCUT2D eigenvalue weighted by Crippen LogP contribution is 2.14. The molecule has 27 heavy (non-hydrogen) atoms. The number of amides is 1. The highest BCUT2D eigenvalue weighted by Gasteiger charge is 2.17. The van der Waals surface area contributed by atoms with Gasteiger partial charge in [-0.05, 0) is 51.3 Å². The number of halogens is 1. The first-order valence-electron chi connectivity index (χ1n) is 9.61. The largest absolute Gasteiger partial charge is 0.489 e. The van der Waals surface area contributed by atoms with Gasteiger partial charge in [-0.1, -0.05) is 12.1 Å². The van der Waals surface area contributed by atoms with Crippen LogP contribution >= 0.6 is 24.0 Å². The molecule has 1 aliphatic rings. The number of carbonyl (C=O) groups is 1. The van der Waals surface area contributed by atoms with Crippen LogP contribution in [0.4, 0.5) is 0 Å². The van der Waals surface area contributed by atoms with Crippen molar-refractivity contribution in [3.05, 3.63) is 29.8 Å². The minimum Gasteiger partial charge on any atom is -0.489 e. The zero-order valence-corrected chi connectivity index (χ0v) is 19.0. The molecule has 0 aliphatic carbocycles. The van der Waals surface area contributed by atoms with E-state index in [0.29, 0.717) is 19.5 Å². The first-order valence-corrected chi connectivity index (χ1v) is 9.61. The van der Waals surface area contributed by atoms with Crippen molar-refractivity contribution in [1.29, 1.82) is 0 Å². The summed E-state index contributed by atoms with van der Waals surface area (Å²) in [7, 11) is 0. The predicted octanol–water partition coefficient (Wildman–Crippen LogP) is 2.95. The van der Waals surface area contributed by atoms with Crippen LogP contribution in [0, 0.1) is 6.92 Å². The quantitative estimate of drug-likeness (QED) is 0.336. The van der Waals surface area contributed by atoms with Crippen molar-refractivity contribution in [3.63, 3.8) is 0 Å². The Morgan fingerprint density at radius 2 is 2.04 bits per heavy atom. The number of nitrogens with one attached hydrogen (secondary N) is 2. The third-order valence-corrected chi connectivity index (χ3v) is 4.27. The molecule has 1 saturated heterocycles. The number of rotatable bonds is 8. The standard InChI is InChI=1S/C20H32N4O2.HI/c1-4-21-20(22-11-10-19(25)24-12-5-6-13-24)23-15-17(3)26-18-9-7-8-16(2)14-18;/h7-9,14,17H,4-6,10-13,15H2,1-3H3,(H2,21,22,23);1H. The van der Waals surface area contributed by atoms with Gasteiger partial charge in [-0.3, -0.25) is 4.79 Å². The molecular weight excluding hydrogens is 455 g/mol. The van der Waals surface area contributed by atoms with E-state index in [4.69, 9.17) is 4.74 Å². The molecule has 7 heteroatoms. The van der Waals surface area contributed by atoms with Crippen LogP contribution in [0.2, 0.25) is 0 Å². The fraction of sp³-hybridized carbons (Fsp3) is 0.600. The molecule has 2 rings (SSSR count). The predicted molar refractivity (Wildman–Crippen MR) is 121 cm³/mol. The normalized spacial score (nSPS) is 15.1. The summed E-state index contributed by atoms with van der Waals surface area (Å²) >= 11 is 0. The lowest BCUT2D eigenvalue weighted by atomic mass is 10.2. The number of hydrogen-bond donors (Lipinski definition) is 2. The second-order valence-corrected chi connectivity index (χ2v) is 6.73. The van der Waals surface area contributed by atoms with Gasteiger partial charge in [-0.15, -0.1) is 24.0 Å². The molecular formula is C20H33IN4O2. The van der Waals surface area contributed by atoms with Crippen molar-refractivity contribution >= 4 is 35.8 Å². The Balaban J connectivity index is 0.00000364. The third kappa shape index (κ3) is 8.81. The van der Waals surface area contributed by atoms with E-state index in [1.165, 1.54) is 5.56 Å². The summed E-state index contributed by atoms with van der Waals surface area (Å²) in [6, 6.07) is 8.02. The minimum atomic E-state index is -0.0292. The SMILES string of the molecule is CCNC(=NCC(C)Oc1cccc(C)c1)NCCC(=O)N1CCCC1.I. The Morgan fingerprint density at radius 3 is 2.70 bits per heavy atom. The smallest absolute Gasteiger partial charge is 0.224 e. The fourth-order valence-corrected chi connectivity index (χ4v) is 2.93. The van der Waals surface area contributed by atoms with Gasteiger partial charge in [0, 0.05) is 32.6 Å². The van der Waals surface area contributed by atoms with E-state index in [9.17, 15) is 4.79 Å². The van der Waals surface area contributed by atoms with Gasteiger partial charge in [-0.2, -0.15) is 0 Å². The summed E-state index contributed by atoms with van der Waals surface area (Å²) in [6.07, 6.45) is 2.72. The van der Waals surface area contributed by atoms with Gasteiger partial charge in [0.15, 0.2) is 5.96 Å². The Bertz CT molecular complexity index is 603. The maximum absolute atomic E-state index is 12.1. The van der Waals surface area contributed by atoms with Crippen LogP contribution < -0.4 is 15.4 Å². The molecule has 1 aromatic carbocycles. The molecule has 6 nitrogen and oxygen atoms in total. The molecule has 1 fully saturated rings. The van der Waals surface area contributed by atoms with Crippen LogP contribution in [0.3, 0.4) is 0 Å². The van der Waals surface area contributed by atoms with Crippen molar-refractivity contribution in [2.75, 3.05) is 32.7 Å². The van der Waals surface area contributed by atoms with Crippen LogP contribution in [0.25, 0.3) is 0 Å². The van der Waals surface area contributed by atoms with Crippen LogP contribution in [0.5, 0.6) is 5.75 Å². The Morgan fingerprint density at radius 1 is 1.30 bits per heavy atom. The number of benzene rings is 1. The molecule has 2 N–H and O–H groups in total. The minimum absolute atomic E-state index is 0. The van der Waals surface area contributed by atoms with E-state index < -0.39 is 0 Å². The van der Waals surface area contributed by atoms with Crippen molar-refractivity contribution in [1.82, 2.24) is 15.5 Å². The number of guanidine groups is 1. The first kappa shape index (κ1) is 23.5. The van der Waals surface area contributed by atoms with Crippen molar-refractivity contribution in [2.45, 2.75) is 46.1 Å². The third-order valence-electron chi connectivity index (χ3n) is 4.27. The number of nitrogens with zero attached hydrogens (tertiary/aromatic N) is 2. The first-order chi connectivity index (χ1) is 12.6. The van der Waals surface area contributed by atoms with Crippen LogP contribution in [-0.4, -0.2) is 55.6 Å². The van der Waals surface area contributed by atoms with E-state index in [2.05, 4.69) is 15.6 Å². The monoisotopic (exact) mass is 488 g/mol. The summed E-state index contributed by atoms with van der Waals surface area (Å²) < 4.78 is 5.91. The van der Waals surface area contributed by atoms with Gasteiger partial charge >= 0.3 is 0 Å².